The zero-order valence-corrected chi connectivity index (χ0v) is 17.8. The van der Waals surface area contributed by atoms with E-state index in [9.17, 15) is 18.0 Å². The minimum atomic E-state index is -4.40. The monoisotopic (exact) mass is 453 g/mol. The Morgan fingerprint density at radius 3 is 2.50 bits per heavy atom. The first-order valence-corrected chi connectivity index (χ1v) is 10.3. The molecule has 174 valence electrons. The number of piperidine rings is 1. The summed E-state index contributed by atoms with van der Waals surface area (Å²) in [5.41, 5.74) is 1.72. The number of hydrogen-bond acceptors (Lipinski definition) is 7. The first-order valence-electron chi connectivity index (χ1n) is 10.3. The Bertz CT molecular complexity index is 870. The largest absolute Gasteiger partial charge is 0.491 e. The summed E-state index contributed by atoms with van der Waals surface area (Å²) in [6.07, 6.45) is -0.638. The molecule has 0 radical (unpaired) electrons. The number of rotatable bonds is 10. The number of aromatic nitrogens is 2. The number of anilines is 1. The van der Waals surface area contributed by atoms with Crippen molar-refractivity contribution in [3.8, 4) is 17.0 Å². The van der Waals surface area contributed by atoms with Crippen LogP contribution in [-0.2, 0) is 20.9 Å². The van der Waals surface area contributed by atoms with Crippen molar-refractivity contribution < 1.29 is 32.2 Å². The van der Waals surface area contributed by atoms with Crippen molar-refractivity contribution >= 4 is 12.1 Å². The van der Waals surface area contributed by atoms with Crippen molar-refractivity contribution in [1.82, 2.24) is 9.97 Å². The van der Waals surface area contributed by atoms with E-state index in [1.54, 1.807) is 7.11 Å². The summed E-state index contributed by atoms with van der Waals surface area (Å²) in [6.45, 7) is 0.482. The number of aldehydes is 1. The van der Waals surface area contributed by atoms with E-state index in [0.29, 0.717) is 62.1 Å². The summed E-state index contributed by atoms with van der Waals surface area (Å²) in [6, 6.07) is 7.34. The normalized spacial score (nSPS) is 15.1. The van der Waals surface area contributed by atoms with Gasteiger partial charge in [-0.25, -0.2) is 4.98 Å². The van der Waals surface area contributed by atoms with Gasteiger partial charge in [0.15, 0.2) is 5.82 Å². The fraction of sp³-hybridized carbons (Fsp3) is 0.500. The molecule has 0 amide bonds. The van der Waals surface area contributed by atoms with Crippen molar-refractivity contribution in [2.24, 2.45) is 5.92 Å². The number of carbonyl (C=O) groups excluding carboxylic acids is 1. The molecule has 0 atom stereocenters. The van der Waals surface area contributed by atoms with Gasteiger partial charge in [-0.3, -0.25) is 4.98 Å². The molecule has 1 saturated heterocycles. The zero-order chi connectivity index (χ0) is 23.0. The Balaban J connectivity index is 1.81. The summed E-state index contributed by atoms with van der Waals surface area (Å²) in [5.74, 6) is 1.25. The van der Waals surface area contributed by atoms with Crippen LogP contribution in [-0.4, -0.2) is 62.5 Å². The summed E-state index contributed by atoms with van der Waals surface area (Å²) in [5, 5.41) is 0. The van der Waals surface area contributed by atoms with Gasteiger partial charge in [0, 0.05) is 31.7 Å². The molecule has 0 unspecified atom stereocenters. The molecule has 1 aliphatic rings. The third kappa shape index (κ3) is 6.89. The summed E-state index contributed by atoms with van der Waals surface area (Å²) in [7, 11) is 1.60. The highest BCUT2D eigenvalue weighted by Gasteiger charge is 2.28. The van der Waals surface area contributed by atoms with Gasteiger partial charge in [-0.1, -0.05) is 0 Å². The molecule has 2 heterocycles. The molecule has 0 saturated carbocycles. The number of nitrogens with zero attached hydrogens (tertiary/aromatic N) is 3. The lowest BCUT2D eigenvalue weighted by atomic mass is 9.98. The number of carbonyl (C=O) groups is 1. The molecular formula is C22H26F3N3O4. The van der Waals surface area contributed by atoms with Crippen LogP contribution in [0.4, 0.5) is 19.0 Å². The van der Waals surface area contributed by atoms with E-state index in [-0.39, 0.29) is 12.5 Å². The zero-order valence-electron chi connectivity index (χ0n) is 17.8. The van der Waals surface area contributed by atoms with Crippen LogP contribution in [0.25, 0.3) is 11.3 Å². The minimum absolute atomic E-state index is 0.00416. The van der Waals surface area contributed by atoms with Crippen LogP contribution in [0, 0.1) is 5.92 Å². The Morgan fingerprint density at radius 1 is 1.16 bits per heavy atom. The summed E-state index contributed by atoms with van der Waals surface area (Å²) in [4.78, 5) is 22.2. The molecular weight excluding hydrogens is 427 g/mol. The maximum absolute atomic E-state index is 12.4. The smallest absolute Gasteiger partial charge is 0.411 e. The number of benzene rings is 1. The lowest BCUT2D eigenvalue weighted by Crippen LogP contribution is -2.35. The maximum Gasteiger partial charge on any atom is 0.411 e. The molecule has 0 spiro atoms. The van der Waals surface area contributed by atoms with Gasteiger partial charge in [0.05, 0.1) is 25.1 Å². The van der Waals surface area contributed by atoms with Crippen molar-refractivity contribution in [2.75, 3.05) is 44.9 Å². The van der Waals surface area contributed by atoms with Gasteiger partial charge in [-0.05, 0) is 37.1 Å². The van der Waals surface area contributed by atoms with E-state index in [1.165, 1.54) is 6.20 Å². The highest BCUT2D eigenvalue weighted by atomic mass is 19.4. The van der Waals surface area contributed by atoms with Crippen LogP contribution >= 0.6 is 0 Å². The van der Waals surface area contributed by atoms with Gasteiger partial charge in [0.2, 0.25) is 0 Å². The van der Waals surface area contributed by atoms with Crippen molar-refractivity contribution in [2.45, 2.75) is 25.6 Å². The van der Waals surface area contributed by atoms with Gasteiger partial charge in [-0.2, -0.15) is 13.2 Å². The van der Waals surface area contributed by atoms with E-state index < -0.39 is 12.8 Å². The Labute approximate surface area is 184 Å². The van der Waals surface area contributed by atoms with Gasteiger partial charge in [-0.15, -0.1) is 0 Å². The lowest BCUT2D eigenvalue weighted by Gasteiger charge is -2.31. The molecule has 3 rings (SSSR count). The van der Waals surface area contributed by atoms with Crippen LogP contribution in [0.1, 0.15) is 18.5 Å². The number of hydrogen-bond donors (Lipinski definition) is 0. The predicted octanol–water partition coefficient (Wildman–Crippen LogP) is 3.66. The molecule has 2 aromatic rings. The fourth-order valence-corrected chi connectivity index (χ4v) is 3.38. The molecule has 0 bridgehead atoms. The first kappa shape index (κ1) is 23.9. The Kier molecular flexibility index (Phi) is 8.40. The Hall–Kier alpha value is -2.72. The van der Waals surface area contributed by atoms with Crippen molar-refractivity contribution in [1.29, 1.82) is 0 Å². The van der Waals surface area contributed by atoms with Gasteiger partial charge in [0.25, 0.3) is 0 Å². The maximum atomic E-state index is 12.4. The lowest BCUT2D eigenvalue weighted by molar-refractivity contribution is -0.176. The van der Waals surface area contributed by atoms with E-state index >= 15 is 0 Å². The molecule has 7 nitrogen and oxygen atoms in total. The van der Waals surface area contributed by atoms with E-state index in [0.717, 1.165) is 11.8 Å². The van der Waals surface area contributed by atoms with Crippen LogP contribution in [0.3, 0.4) is 0 Å². The van der Waals surface area contributed by atoms with E-state index in [4.69, 9.17) is 14.2 Å². The van der Waals surface area contributed by atoms with Gasteiger partial charge in [0.1, 0.15) is 30.9 Å². The average Bonchev–Trinajstić information content (AvgIpc) is 2.79. The summed E-state index contributed by atoms with van der Waals surface area (Å²) < 4.78 is 52.5. The topological polar surface area (TPSA) is 73.8 Å². The van der Waals surface area contributed by atoms with Crippen LogP contribution in [0.15, 0.2) is 30.5 Å². The number of methoxy groups -OCH3 is 1. The molecule has 1 aliphatic heterocycles. The van der Waals surface area contributed by atoms with Crippen molar-refractivity contribution in [3.63, 3.8) is 0 Å². The van der Waals surface area contributed by atoms with E-state index in [1.807, 2.05) is 29.2 Å². The van der Waals surface area contributed by atoms with Crippen LogP contribution in [0.2, 0.25) is 0 Å². The molecule has 1 aromatic heterocycles. The molecule has 32 heavy (non-hydrogen) atoms. The van der Waals surface area contributed by atoms with Gasteiger partial charge < -0.3 is 23.9 Å². The predicted molar refractivity (Wildman–Crippen MR) is 112 cm³/mol. The molecule has 1 aromatic carbocycles. The molecule has 10 heteroatoms. The SMILES string of the molecule is COCCOc1ccc(-c2ncc(COCC(F)(F)F)nc2N2CCC(C=O)CC2)cc1. The second-order valence-electron chi connectivity index (χ2n) is 7.47. The third-order valence-corrected chi connectivity index (χ3v) is 5.04. The minimum Gasteiger partial charge on any atom is -0.491 e. The average molecular weight is 453 g/mol. The number of halogens is 3. The molecule has 1 fully saturated rings. The van der Waals surface area contributed by atoms with Gasteiger partial charge >= 0.3 is 6.18 Å². The third-order valence-electron chi connectivity index (χ3n) is 5.04. The second-order valence-corrected chi connectivity index (χ2v) is 7.47. The Morgan fingerprint density at radius 2 is 1.88 bits per heavy atom. The van der Waals surface area contributed by atoms with E-state index in [2.05, 4.69) is 9.97 Å². The molecule has 0 aliphatic carbocycles. The van der Waals surface area contributed by atoms with Crippen LogP contribution in [0.5, 0.6) is 5.75 Å². The highest BCUT2D eigenvalue weighted by Crippen LogP contribution is 2.31. The fourth-order valence-electron chi connectivity index (χ4n) is 3.38. The first-order chi connectivity index (χ1) is 15.4. The number of alkyl halides is 3. The van der Waals surface area contributed by atoms with Crippen molar-refractivity contribution in [3.05, 3.63) is 36.2 Å². The second kappa shape index (κ2) is 11.2. The number of ether oxygens (including phenoxy) is 3. The van der Waals surface area contributed by atoms with Crippen LogP contribution < -0.4 is 9.64 Å². The summed E-state index contributed by atoms with van der Waals surface area (Å²) >= 11 is 0. The quantitative estimate of drug-likeness (QED) is 0.402. The molecule has 0 N–H and O–H groups in total. The standard InChI is InChI=1S/C22H26F3N3O4/c1-30-10-11-32-19-4-2-17(3-5-19)20-21(28-8-6-16(13-29)7-9-28)27-18(12-26-20)14-31-15-22(23,24)25/h2-5,12-13,16H,6-11,14-15H2,1H3. The highest BCUT2D eigenvalue weighted by molar-refractivity contribution is 5.73.